The molecule has 1 aliphatic heterocycles. The predicted octanol–water partition coefficient (Wildman–Crippen LogP) is 1.49. The van der Waals surface area contributed by atoms with Crippen LogP contribution in [0.1, 0.15) is 23.6 Å². The van der Waals surface area contributed by atoms with Crippen LogP contribution in [-0.4, -0.2) is 11.7 Å². The van der Waals surface area contributed by atoms with Gasteiger partial charge in [0.1, 0.15) is 5.75 Å². The Morgan fingerprint density at radius 1 is 1.57 bits per heavy atom. The van der Waals surface area contributed by atoms with Crippen LogP contribution in [0, 0.1) is 11.3 Å². The monoisotopic (exact) mass is 188 g/mol. The molecule has 0 saturated carbocycles. The molecule has 0 bridgehead atoms. The number of aryl methyl sites for hydroxylation is 1. The third-order valence-corrected chi connectivity index (χ3v) is 2.40. The first kappa shape index (κ1) is 9.04. The van der Waals surface area contributed by atoms with Gasteiger partial charge >= 0.3 is 0 Å². The summed E-state index contributed by atoms with van der Waals surface area (Å²) in [6.07, 6.45) is 1.29. The van der Waals surface area contributed by atoms with E-state index in [0.29, 0.717) is 18.2 Å². The van der Waals surface area contributed by atoms with Crippen molar-refractivity contribution >= 4 is 0 Å². The van der Waals surface area contributed by atoms with Gasteiger partial charge in [-0.15, -0.1) is 0 Å². The summed E-state index contributed by atoms with van der Waals surface area (Å²) < 4.78 is 0. The first-order valence-corrected chi connectivity index (χ1v) is 4.73. The van der Waals surface area contributed by atoms with E-state index >= 15 is 0 Å². The molecule has 0 unspecified atom stereocenters. The van der Waals surface area contributed by atoms with E-state index in [1.54, 1.807) is 6.07 Å². The molecule has 1 aromatic carbocycles. The molecular formula is C11H12N2O. The molecule has 3 heteroatoms. The van der Waals surface area contributed by atoms with Crippen LogP contribution < -0.4 is 5.32 Å². The lowest BCUT2D eigenvalue weighted by molar-refractivity contribution is 0.468. The number of aromatic hydroxyl groups is 1. The van der Waals surface area contributed by atoms with Gasteiger partial charge < -0.3 is 10.4 Å². The minimum atomic E-state index is 0.317. The van der Waals surface area contributed by atoms with E-state index in [-0.39, 0.29) is 0 Å². The van der Waals surface area contributed by atoms with Crippen LogP contribution in [0.15, 0.2) is 18.2 Å². The van der Waals surface area contributed by atoms with Crippen molar-refractivity contribution in [2.24, 2.45) is 0 Å². The van der Waals surface area contributed by atoms with Crippen LogP contribution in [0.4, 0.5) is 0 Å². The third-order valence-electron chi connectivity index (χ3n) is 2.40. The van der Waals surface area contributed by atoms with E-state index in [1.807, 2.05) is 12.1 Å². The number of benzene rings is 1. The summed E-state index contributed by atoms with van der Waals surface area (Å²) in [4.78, 5) is 0. The Morgan fingerprint density at radius 3 is 3.00 bits per heavy atom. The highest BCUT2D eigenvalue weighted by Gasteiger charge is 2.25. The molecule has 2 N–H and O–H groups in total. The van der Waals surface area contributed by atoms with Crippen molar-refractivity contribution in [2.75, 3.05) is 6.54 Å². The average molecular weight is 188 g/mol. The number of hydrogen-bond acceptors (Lipinski definition) is 3. The maximum Gasteiger partial charge on any atom is 0.120 e. The first-order chi connectivity index (χ1) is 6.81. The molecule has 0 spiro atoms. The van der Waals surface area contributed by atoms with Crippen LogP contribution >= 0.6 is 0 Å². The SMILES string of the molecule is N#CCCc1ccc(O)c([C@H]2CN2)c1. The Bertz CT molecular complexity index is 377. The summed E-state index contributed by atoms with van der Waals surface area (Å²) in [7, 11) is 0. The molecular weight excluding hydrogens is 176 g/mol. The summed E-state index contributed by atoms with van der Waals surface area (Å²) in [5, 5.41) is 21.2. The van der Waals surface area contributed by atoms with Gasteiger partial charge in [-0.2, -0.15) is 5.26 Å². The topological polar surface area (TPSA) is 66.0 Å². The molecule has 1 aliphatic rings. The maximum absolute atomic E-state index is 9.57. The van der Waals surface area contributed by atoms with E-state index in [0.717, 1.165) is 24.1 Å². The van der Waals surface area contributed by atoms with Gasteiger partial charge in [0.25, 0.3) is 0 Å². The Hall–Kier alpha value is -1.53. The molecule has 0 amide bonds. The lowest BCUT2D eigenvalue weighted by atomic mass is 10.0. The minimum absolute atomic E-state index is 0.317. The van der Waals surface area contributed by atoms with Gasteiger partial charge in [0.05, 0.1) is 6.07 Å². The highest BCUT2D eigenvalue weighted by molar-refractivity contribution is 5.40. The van der Waals surface area contributed by atoms with Gasteiger partial charge in [-0.05, 0) is 18.1 Å². The highest BCUT2D eigenvalue weighted by atomic mass is 16.3. The lowest BCUT2D eigenvalue weighted by Gasteiger charge is -2.04. The zero-order valence-electron chi connectivity index (χ0n) is 7.83. The number of phenolic OH excluding ortho intramolecular Hbond substituents is 1. The van der Waals surface area contributed by atoms with E-state index in [1.165, 1.54) is 0 Å². The summed E-state index contributed by atoms with van der Waals surface area (Å²) in [6, 6.07) is 8.00. The Labute approximate surface area is 83.0 Å². The Kier molecular flexibility index (Phi) is 2.38. The van der Waals surface area contributed by atoms with Crippen LogP contribution in [0.25, 0.3) is 0 Å². The largest absolute Gasteiger partial charge is 0.508 e. The zero-order chi connectivity index (χ0) is 9.97. The molecule has 0 aromatic heterocycles. The van der Waals surface area contributed by atoms with Crippen LogP contribution in [0.2, 0.25) is 0 Å². The van der Waals surface area contributed by atoms with E-state index < -0.39 is 0 Å². The van der Waals surface area contributed by atoms with Gasteiger partial charge in [0, 0.05) is 24.6 Å². The number of hydrogen-bond donors (Lipinski definition) is 2. The predicted molar refractivity (Wildman–Crippen MR) is 52.8 cm³/mol. The van der Waals surface area contributed by atoms with Crippen molar-refractivity contribution in [3.05, 3.63) is 29.3 Å². The van der Waals surface area contributed by atoms with Crippen LogP contribution in [0.3, 0.4) is 0 Å². The standard InChI is InChI=1S/C11H12N2O/c12-5-1-2-8-3-4-11(14)9(6-8)10-7-13-10/h3-4,6,10,13-14H,1-2,7H2/t10-/m1/s1. The number of nitrogens with zero attached hydrogens (tertiary/aromatic N) is 1. The second kappa shape index (κ2) is 3.69. The molecule has 0 aliphatic carbocycles. The zero-order valence-corrected chi connectivity index (χ0v) is 7.83. The lowest BCUT2D eigenvalue weighted by Crippen LogP contribution is -1.90. The van der Waals surface area contributed by atoms with Crippen molar-refractivity contribution < 1.29 is 5.11 Å². The van der Waals surface area contributed by atoms with Crippen molar-refractivity contribution in [3.63, 3.8) is 0 Å². The van der Waals surface area contributed by atoms with Gasteiger partial charge in [-0.3, -0.25) is 0 Å². The highest BCUT2D eigenvalue weighted by Crippen LogP contribution is 2.30. The number of nitriles is 1. The molecule has 1 atom stereocenters. The average Bonchev–Trinajstić information content (AvgIpc) is 3.00. The Balaban J connectivity index is 2.18. The fourth-order valence-electron chi connectivity index (χ4n) is 1.52. The summed E-state index contributed by atoms with van der Waals surface area (Å²) >= 11 is 0. The maximum atomic E-state index is 9.57. The van der Waals surface area contributed by atoms with Gasteiger partial charge in [-0.25, -0.2) is 0 Å². The van der Waals surface area contributed by atoms with Crippen molar-refractivity contribution in [3.8, 4) is 11.8 Å². The first-order valence-electron chi connectivity index (χ1n) is 4.73. The second-order valence-corrected chi connectivity index (χ2v) is 3.51. The van der Waals surface area contributed by atoms with E-state index in [4.69, 9.17) is 5.26 Å². The quantitative estimate of drug-likeness (QED) is 0.706. The Morgan fingerprint density at radius 2 is 2.36 bits per heavy atom. The number of rotatable bonds is 3. The smallest absolute Gasteiger partial charge is 0.120 e. The molecule has 3 nitrogen and oxygen atoms in total. The van der Waals surface area contributed by atoms with E-state index in [9.17, 15) is 5.11 Å². The molecule has 1 saturated heterocycles. The van der Waals surface area contributed by atoms with Crippen LogP contribution in [0.5, 0.6) is 5.75 Å². The van der Waals surface area contributed by atoms with Gasteiger partial charge in [0.2, 0.25) is 0 Å². The molecule has 72 valence electrons. The summed E-state index contributed by atoms with van der Waals surface area (Å²) in [5.74, 6) is 0.348. The normalized spacial score (nSPS) is 18.9. The van der Waals surface area contributed by atoms with Crippen molar-refractivity contribution in [1.82, 2.24) is 5.32 Å². The van der Waals surface area contributed by atoms with Crippen LogP contribution in [-0.2, 0) is 6.42 Å². The number of nitrogens with one attached hydrogen (secondary N) is 1. The molecule has 0 radical (unpaired) electrons. The van der Waals surface area contributed by atoms with Gasteiger partial charge in [0.15, 0.2) is 0 Å². The number of phenols is 1. The summed E-state index contributed by atoms with van der Waals surface area (Å²) in [5.41, 5.74) is 2.08. The fourth-order valence-corrected chi connectivity index (χ4v) is 1.52. The molecule has 14 heavy (non-hydrogen) atoms. The third kappa shape index (κ3) is 1.86. The molecule has 2 rings (SSSR count). The molecule has 1 heterocycles. The van der Waals surface area contributed by atoms with Crippen molar-refractivity contribution in [2.45, 2.75) is 18.9 Å². The summed E-state index contributed by atoms with van der Waals surface area (Å²) in [6.45, 7) is 0.940. The van der Waals surface area contributed by atoms with Gasteiger partial charge in [-0.1, -0.05) is 12.1 Å². The second-order valence-electron chi connectivity index (χ2n) is 3.51. The van der Waals surface area contributed by atoms with Crippen molar-refractivity contribution in [1.29, 1.82) is 5.26 Å². The fraction of sp³-hybridized carbons (Fsp3) is 0.364. The minimum Gasteiger partial charge on any atom is -0.508 e. The molecule has 1 fully saturated rings. The molecule has 1 aromatic rings. The van der Waals surface area contributed by atoms with E-state index in [2.05, 4.69) is 11.4 Å².